The maximum atomic E-state index is 11.9. The van der Waals surface area contributed by atoms with Gasteiger partial charge in [-0.2, -0.15) is 0 Å². The minimum absolute atomic E-state index is 0.190. The Morgan fingerprint density at radius 2 is 1.36 bits per heavy atom. The molecule has 0 radical (unpaired) electrons. The number of nitro groups is 3. The van der Waals surface area contributed by atoms with Crippen molar-refractivity contribution in [3.8, 4) is 0 Å². The Labute approximate surface area is 204 Å². The highest BCUT2D eigenvalue weighted by Gasteiger charge is 2.35. The van der Waals surface area contributed by atoms with Crippen molar-refractivity contribution in [2.75, 3.05) is 11.9 Å². The van der Waals surface area contributed by atoms with Crippen LogP contribution in [0.5, 0.6) is 0 Å². The SMILES string of the molecule is Cc1ccc(N=C(c2cccc3ccccc23)N(C)c2c([N+](=O)[O-])cc([N+](=O)[O-])cc2[N+](=O)[O-])cc1. The second-order valence-corrected chi connectivity index (χ2v) is 7.96. The van der Waals surface area contributed by atoms with E-state index in [1.54, 1.807) is 24.3 Å². The van der Waals surface area contributed by atoms with E-state index in [-0.39, 0.29) is 5.84 Å². The van der Waals surface area contributed by atoms with Crippen LogP contribution < -0.4 is 4.90 Å². The van der Waals surface area contributed by atoms with Crippen LogP contribution in [0, 0.1) is 37.3 Å². The number of aryl methyl sites for hydroxylation is 1. The lowest BCUT2D eigenvalue weighted by atomic mass is 10.0. The van der Waals surface area contributed by atoms with Crippen molar-refractivity contribution < 1.29 is 14.8 Å². The zero-order valence-electron chi connectivity index (χ0n) is 19.2. The van der Waals surface area contributed by atoms with Crippen LogP contribution in [0.25, 0.3) is 10.8 Å². The van der Waals surface area contributed by atoms with E-state index >= 15 is 0 Å². The number of anilines is 1. The molecule has 0 amide bonds. The molecule has 0 bridgehead atoms. The molecule has 4 aromatic rings. The van der Waals surface area contributed by atoms with Crippen molar-refractivity contribution in [2.24, 2.45) is 4.99 Å². The summed E-state index contributed by atoms with van der Waals surface area (Å²) in [7, 11) is 1.41. The molecule has 0 unspecified atom stereocenters. The standard InChI is InChI=1S/C25H19N5O6/c1-16-10-12-18(13-11-16)26-25(21-9-5-7-17-6-3-4-8-20(17)21)27(2)24-22(29(33)34)14-19(28(31)32)15-23(24)30(35)36/h3-15H,1-2H3. The first kappa shape index (κ1) is 24.0. The highest BCUT2D eigenvalue weighted by atomic mass is 16.6. The Kier molecular flexibility index (Phi) is 6.38. The smallest absolute Gasteiger partial charge is 0.306 e. The first-order valence-corrected chi connectivity index (χ1v) is 10.7. The maximum Gasteiger partial charge on any atom is 0.306 e. The number of fused-ring (bicyclic) bond motifs is 1. The molecule has 0 fully saturated rings. The highest BCUT2D eigenvalue weighted by molar-refractivity contribution is 6.19. The summed E-state index contributed by atoms with van der Waals surface area (Å²) in [5.74, 6) is 0.190. The van der Waals surface area contributed by atoms with E-state index in [0.717, 1.165) is 16.3 Å². The topological polar surface area (TPSA) is 145 Å². The molecule has 0 N–H and O–H groups in total. The summed E-state index contributed by atoms with van der Waals surface area (Å²) >= 11 is 0. The van der Waals surface area contributed by atoms with Gasteiger partial charge >= 0.3 is 11.4 Å². The fraction of sp³-hybridized carbons (Fsp3) is 0.0800. The van der Waals surface area contributed by atoms with E-state index in [2.05, 4.69) is 0 Å². The molecule has 180 valence electrons. The third-order valence-electron chi connectivity index (χ3n) is 5.61. The number of nitrogens with zero attached hydrogens (tertiary/aromatic N) is 5. The van der Waals surface area contributed by atoms with Crippen molar-refractivity contribution >= 4 is 45.0 Å². The Morgan fingerprint density at radius 3 is 1.94 bits per heavy atom. The monoisotopic (exact) mass is 485 g/mol. The zero-order valence-corrected chi connectivity index (χ0v) is 19.2. The third kappa shape index (κ3) is 4.57. The predicted octanol–water partition coefficient (Wildman–Crippen LogP) is 6.09. The summed E-state index contributed by atoms with van der Waals surface area (Å²) in [6, 6.07) is 21.5. The van der Waals surface area contributed by atoms with Crippen molar-refractivity contribution in [2.45, 2.75) is 6.92 Å². The summed E-state index contributed by atoms with van der Waals surface area (Å²) < 4.78 is 0. The molecule has 0 saturated heterocycles. The predicted molar refractivity (Wildman–Crippen MR) is 136 cm³/mol. The average molecular weight is 485 g/mol. The second kappa shape index (κ2) is 9.58. The number of hydrogen-bond acceptors (Lipinski definition) is 7. The van der Waals surface area contributed by atoms with E-state index in [1.807, 2.05) is 49.4 Å². The quantitative estimate of drug-likeness (QED) is 0.139. The van der Waals surface area contributed by atoms with Crippen LogP contribution in [0.2, 0.25) is 0 Å². The van der Waals surface area contributed by atoms with Gasteiger partial charge in [0.2, 0.25) is 5.69 Å². The van der Waals surface area contributed by atoms with Gasteiger partial charge < -0.3 is 4.90 Å². The largest absolute Gasteiger partial charge is 0.318 e. The van der Waals surface area contributed by atoms with Gasteiger partial charge in [-0.3, -0.25) is 30.3 Å². The lowest BCUT2D eigenvalue weighted by Gasteiger charge is -2.22. The van der Waals surface area contributed by atoms with Crippen LogP contribution in [0.1, 0.15) is 11.1 Å². The van der Waals surface area contributed by atoms with Gasteiger partial charge in [-0.05, 0) is 29.8 Å². The molecule has 4 rings (SSSR count). The Bertz CT molecular complexity index is 1510. The van der Waals surface area contributed by atoms with Gasteiger partial charge in [0, 0.05) is 12.6 Å². The maximum absolute atomic E-state index is 11.9. The van der Waals surface area contributed by atoms with Gasteiger partial charge in [0.15, 0.2) is 0 Å². The lowest BCUT2D eigenvalue weighted by molar-refractivity contribution is -0.402. The number of non-ortho nitro benzene ring substituents is 1. The Balaban J connectivity index is 2.05. The van der Waals surface area contributed by atoms with Crippen LogP contribution >= 0.6 is 0 Å². The molecule has 0 atom stereocenters. The summed E-state index contributed by atoms with van der Waals surface area (Å²) in [5, 5.41) is 36.8. The minimum atomic E-state index is -0.907. The Morgan fingerprint density at radius 1 is 0.778 bits per heavy atom. The molecule has 0 aromatic heterocycles. The van der Waals surface area contributed by atoms with E-state index < -0.39 is 37.5 Å². The van der Waals surface area contributed by atoms with Gasteiger partial charge in [-0.25, -0.2) is 4.99 Å². The fourth-order valence-corrected chi connectivity index (χ4v) is 3.90. The number of benzene rings is 4. The van der Waals surface area contributed by atoms with Crippen LogP contribution in [-0.2, 0) is 0 Å². The van der Waals surface area contributed by atoms with Crippen molar-refractivity contribution in [3.05, 3.63) is 120 Å². The molecule has 11 nitrogen and oxygen atoms in total. The molecule has 4 aromatic carbocycles. The molecular weight excluding hydrogens is 466 g/mol. The third-order valence-corrected chi connectivity index (χ3v) is 5.61. The zero-order chi connectivity index (χ0) is 26.0. The van der Waals surface area contributed by atoms with Crippen LogP contribution in [0.15, 0.2) is 83.9 Å². The fourth-order valence-electron chi connectivity index (χ4n) is 3.90. The number of amidine groups is 1. The van der Waals surface area contributed by atoms with E-state index in [0.29, 0.717) is 23.4 Å². The lowest BCUT2D eigenvalue weighted by Crippen LogP contribution is -2.29. The summed E-state index contributed by atoms with van der Waals surface area (Å²) in [4.78, 5) is 38.5. The summed E-state index contributed by atoms with van der Waals surface area (Å²) in [5.41, 5.74) is -0.663. The molecule has 0 saturated carbocycles. The van der Waals surface area contributed by atoms with Crippen molar-refractivity contribution in [3.63, 3.8) is 0 Å². The molecule has 36 heavy (non-hydrogen) atoms. The van der Waals surface area contributed by atoms with Crippen molar-refractivity contribution in [1.29, 1.82) is 0 Å². The number of hydrogen-bond donors (Lipinski definition) is 0. The number of rotatable bonds is 6. The Hall–Kier alpha value is -5.19. The summed E-state index contributed by atoms with van der Waals surface area (Å²) in [6.07, 6.45) is 0. The van der Waals surface area contributed by atoms with Gasteiger partial charge in [0.05, 0.1) is 32.6 Å². The number of nitro benzene ring substituents is 3. The van der Waals surface area contributed by atoms with Crippen molar-refractivity contribution in [1.82, 2.24) is 0 Å². The van der Waals surface area contributed by atoms with E-state index in [9.17, 15) is 30.3 Å². The molecule has 0 aliphatic rings. The summed E-state index contributed by atoms with van der Waals surface area (Å²) in [6.45, 7) is 1.91. The van der Waals surface area contributed by atoms with Crippen LogP contribution in [-0.4, -0.2) is 27.7 Å². The first-order valence-electron chi connectivity index (χ1n) is 10.7. The highest BCUT2D eigenvalue weighted by Crippen LogP contribution is 2.41. The van der Waals surface area contributed by atoms with Gasteiger partial charge in [-0.15, -0.1) is 0 Å². The molecule has 11 heteroatoms. The van der Waals surface area contributed by atoms with Gasteiger partial charge in [0.1, 0.15) is 5.84 Å². The second-order valence-electron chi connectivity index (χ2n) is 7.96. The molecule has 0 aliphatic heterocycles. The molecule has 0 heterocycles. The van der Waals surface area contributed by atoms with Crippen LogP contribution in [0.3, 0.4) is 0 Å². The number of aliphatic imine (C=N–C) groups is 1. The minimum Gasteiger partial charge on any atom is -0.318 e. The van der Waals surface area contributed by atoms with E-state index in [1.165, 1.54) is 11.9 Å². The normalized spacial score (nSPS) is 11.3. The van der Waals surface area contributed by atoms with Crippen LogP contribution in [0.4, 0.5) is 28.4 Å². The molecular formula is C25H19N5O6. The average Bonchev–Trinajstić information content (AvgIpc) is 2.86. The molecule has 0 spiro atoms. The molecule has 0 aliphatic carbocycles. The van der Waals surface area contributed by atoms with E-state index in [4.69, 9.17) is 4.99 Å². The van der Waals surface area contributed by atoms with Gasteiger partial charge in [-0.1, -0.05) is 60.2 Å². The van der Waals surface area contributed by atoms with Gasteiger partial charge in [0.25, 0.3) is 5.69 Å². The first-order chi connectivity index (χ1) is 17.2.